The third kappa shape index (κ3) is 6.96. The van der Waals surface area contributed by atoms with Gasteiger partial charge >= 0.3 is 6.09 Å². The van der Waals surface area contributed by atoms with E-state index in [4.69, 9.17) is 9.84 Å². The maximum atomic E-state index is 12.4. The maximum Gasteiger partial charge on any atom is 0.410 e. The van der Waals surface area contributed by atoms with Crippen LogP contribution in [-0.2, 0) is 11.3 Å². The van der Waals surface area contributed by atoms with E-state index in [0.717, 1.165) is 29.3 Å². The summed E-state index contributed by atoms with van der Waals surface area (Å²) in [5, 5.41) is 9.07. The van der Waals surface area contributed by atoms with Crippen LogP contribution in [0.4, 0.5) is 4.79 Å². The van der Waals surface area contributed by atoms with Gasteiger partial charge in [-0.15, -0.1) is 0 Å². The highest BCUT2D eigenvalue weighted by molar-refractivity contribution is 14.1. The van der Waals surface area contributed by atoms with Gasteiger partial charge in [0, 0.05) is 23.6 Å². The molecule has 124 valence electrons. The molecular weight excluding hydrogens is 393 g/mol. The first-order valence-corrected chi connectivity index (χ1v) is 9.39. The van der Waals surface area contributed by atoms with E-state index in [0.29, 0.717) is 19.6 Å². The molecule has 0 heterocycles. The predicted octanol–water partition coefficient (Wildman–Crippen LogP) is 4.00. The Hall–Kier alpha value is -0.820. The lowest BCUT2D eigenvalue weighted by Gasteiger charge is -2.30. The van der Waals surface area contributed by atoms with Crippen molar-refractivity contribution in [2.75, 3.05) is 17.6 Å². The second kappa shape index (κ2) is 11.7. The number of alkyl halides is 1. The summed E-state index contributed by atoms with van der Waals surface area (Å²) in [4.78, 5) is 14.2. The number of ether oxygens (including phenoxy) is 1. The number of hydrogen-bond acceptors (Lipinski definition) is 3. The van der Waals surface area contributed by atoms with Gasteiger partial charge in [-0.25, -0.2) is 4.79 Å². The van der Waals surface area contributed by atoms with E-state index >= 15 is 0 Å². The monoisotopic (exact) mass is 419 g/mol. The number of rotatable bonds is 10. The Bertz CT molecular complexity index is 408. The molecule has 0 saturated heterocycles. The van der Waals surface area contributed by atoms with Crippen molar-refractivity contribution in [2.45, 2.75) is 45.3 Å². The Balaban J connectivity index is 2.65. The van der Waals surface area contributed by atoms with Crippen LogP contribution in [0.25, 0.3) is 0 Å². The van der Waals surface area contributed by atoms with Gasteiger partial charge in [0.1, 0.15) is 6.61 Å². The summed E-state index contributed by atoms with van der Waals surface area (Å²) < 4.78 is 6.47. The van der Waals surface area contributed by atoms with Crippen LogP contribution in [0.15, 0.2) is 30.3 Å². The van der Waals surface area contributed by atoms with Gasteiger partial charge in [-0.2, -0.15) is 0 Å². The number of nitrogens with zero attached hydrogens (tertiary/aromatic N) is 1. The van der Waals surface area contributed by atoms with Gasteiger partial charge < -0.3 is 14.7 Å². The molecule has 5 heteroatoms. The lowest BCUT2D eigenvalue weighted by atomic mass is 10.1. The highest BCUT2D eigenvalue weighted by Crippen LogP contribution is 2.16. The third-order valence-electron chi connectivity index (χ3n) is 3.50. The zero-order valence-electron chi connectivity index (χ0n) is 13.2. The van der Waals surface area contributed by atoms with E-state index in [1.54, 1.807) is 4.90 Å². The first-order valence-electron chi connectivity index (χ1n) is 7.87. The van der Waals surface area contributed by atoms with Crippen LogP contribution >= 0.6 is 22.6 Å². The number of aliphatic hydroxyl groups is 1. The topological polar surface area (TPSA) is 49.8 Å². The van der Waals surface area contributed by atoms with Crippen LogP contribution in [0.2, 0.25) is 0 Å². The molecule has 0 radical (unpaired) electrons. The van der Waals surface area contributed by atoms with Crippen molar-refractivity contribution >= 4 is 28.7 Å². The van der Waals surface area contributed by atoms with Gasteiger partial charge in [0.25, 0.3) is 0 Å². The maximum absolute atomic E-state index is 12.4. The SMILES string of the molecule is CCCC(CCI)N(CCCO)C(=O)OCc1ccccc1. The number of carbonyl (C=O) groups is 1. The standard InChI is InChI=1S/C17H26INO3/c1-2-7-16(10-11-18)19(12-6-13-20)17(21)22-14-15-8-4-3-5-9-15/h3-5,8-9,16,20H,2,6-7,10-14H2,1H3. The average Bonchev–Trinajstić information content (AvgIpc) is 2.54. The molecule has 1 N–H and O–H groups in total. The molecule has 22 heavy (non-hydrogen) atoms. The molecule has 0 aliphatic heterocycles. The Labute approximate surface area is 147 Å². The Kier molecular flexibility index (Phi) is 10.2. The molecule has 0 saturated carbocycles. The van der Waals surface area contributed by atoms with Crippen LogP contribution in [-0.4, -0.2) is 39.7 Å². The minimum atomic E-state index is -0.277. The number of benzene rings is 1. The summed E-state index contributed by atoms with van der Waals surface area (Å²) in [6.07, 6.45) is 3.26. The van der Waals surface area contributed by atoms with Crippen LogP contribution in [0.1, 0.15) is 38.2 Å². The molecule has 0 bridgehead atoms. The molecule has 0 aliphatic carbocycles. The number of aliphatic hydroxyl groups excluding tert-OH is 1. The minimum Gasteiger partial charge on any atom is -0.445 e. The first kappa shape index (κ1) is 19.2. The highest BCUT2D eigenvalue weighted by atomic mass is 127. The van der Waals surface area contributed by atoms with E-state index in [9.17, 15) is 4.79 Å². The first-order chi connectivity index (χ1) is 10.7. The summed E-state index contributed by atoms with van der Waals surface area (Å²) in [5.41, 5.74) is 0.985. The Morgan fingerprint density at radius 3 is 2.64 bits per heavy atom. The lowest BCUT2D eigenvalue weighted by molar-refractivity contribution is 0.0746. The average molecular weight is 419 g/mol. The summed E-state index contributed by atoms with van der Waals surface area (Å²) >= 11 is 2.34. The molecule has 0 spiro atoms. The number of hydrogen-bond donors (Lipinski definition) is 1. The van der Waals surface area contributed by atoms with Crippen LogP contribution in [0.5, 0.6) is 0 Å². The summed E-state index contributed by atoms with van der Waals surface area (Å²) in [7, 11) is 0. The quantitative estimate of drug-likeness (QED) is 0.461. The smallest absolute Gasteiger partial charge is 0.410 e. The van der Waals surface area contributed by atoms with Crippen LogP contribution < -0.4 is 0 Å². The van der Waals surface area contributed by atoms with Crippen molar-refractivity contribution in [3.8, 4) is 0 Å². The number of amides is 1. The molecule has 0 aromatic heterocycles. The van der Waals surface area contributed by atoms with Gasteiger partial charge in [0.05, 0.1) is 0 Å². The molecule has 1 aromatic carbocycles. The van der Waals surface area contributed by atoms with Crippen molar-refractivity contribution < 1.29 is 14.6 Å². The molecule has 1 atom stereocenters. The normalized spacial score (nSPS) is 12.0. The van der Waals surface area contributed by atoms with Crippen molar-refractivity contribution in [3.63, 3.8) is 0 Å². The van der Waals surface area contributed by atoms with Gasteiger partial charge in [-0.1, -0.05) is 66.3 Å². The van der Waals surface area contributed by atoms with Crippen LogP contribution in [0, 0.1) is 0 Å². The van der Waals surface area contributed by atoms with Gasteiger partial charge in [0.2, 0.25) is 0 Å². The Morgan fingerprint density at radius 2 is 2.05 bits per heavy atom. The lowest BCUT2D eigenvalue weighted by Crippen LogP contribution is -2.41. The fraction of sp³-hybridized carbons (Fsp3) is 0.588. The molecule has 1 aromatic rings. The molecule has 0 fully saturated rings. The molecular formula is C17H26INO3. The second-order valence-corrected chi connectivity index (χ2v) is 6.31. The minimum absolute atomic E-state index is 0.0888. The zero-order valence-corrected chi connectivity index (χ0v) is 15.4. The van der Waals surface area contributed by atoms with Crippen molar-refractivity contribution in [1.82, 2.24) is 4.90 Å². The van der Waals surface area contributed by atoms with Crippen molar-refractivity contribution in [3.05, 3.63) is 35.9 Å². The van der Waals surface area contributed by atoms with E-state index < -0.39 is 0 Å². The fourth-order valence-corrected chi connectivity index (χ4v) is 3.10. The van der Waals surface area contributed by atoms with E-state index in [1.807, 2.05) is 30.3 Å². The van der Waals surface area contributed by atoms with E-state index in [2.05, 4.69) is 29.5 Å². The summed E-state index contributed by atoms with van der Waals surface area (Å²) in [6, 6.07) is 9.89. The van der Waals surface area contributed by atoms with Gasteiger partial charge in [-0.3, -0.25) is 0 Å². The molecule has 1 amide bonds. The van der Waals surface area contributed by atoms with E-state index in [1.165, 1.54) is 0 Å². The van der Waals surface area contributed by atoms with Gasteiger partial charge in [-0.05, 0) is 24.8 Å². The van der Waals surface area contributed by atoms with Crippen molar-refractivity contribution in [1.29, 1.82) is 0 Å². The fourth-order valence-electron chi connectivity index (χ4n) is 2.38. The van der Waals surface area contributed by atoms with Crippen LogP contribution in [0.3, 0.4) is 0 Å². The predicted molar refractivity (Wildman–Crippen MR) is 97.2 cm³/mol. The summed E-state index contributed by atoms with van der Waals surface area (Å²) in [6.45, 7) is 3.05. The zero-order chi connectivity index (χ0) is 16.2. The van der Waals surface area contributed by atoms with Gasteiger partial charge in [0.15, 0.2) is 0 Å². The largest absolute Gasteiger partial charge is 0.445 e. The second-order valence-electron chi connectivity index (χ2n) is 5.23. The molecule has 1 rings (SSSR count). The van der Waals surface area contributed by atoms with Crippen molar-refractivity contribution in [2.24, 2.45) is 0 Å². The molecule has 1 unspecified atom stereocenters. The third-order valence-corrected chi connectivity index (χ3v) is 4.12. The highest BCUT2D eigenvalue weighted by Gasteiger charge is 2.23. The molecule has 0 aliphatic rings. The Morgan fingerprint density at radius 1 is 1.32 bits per heavy atom. The van der Waals surface area contributed by atoms with E-state index in [-0.39, 0.29) is 18.7 Å². The number of halogens is 1. The number of carbonyl (C=O) groups excluding carboxylic acids is 1. The molecule has 4 nitrogen and oxygen atoms in total. The summed E-state index contributed by atoms with van der Waals surface area (Å²) in [5.74, 6) is 0.